The number of piperidine rings is 1. The van der Waals surface area contributed by atoms with Gasteiger partial charge in [-0.2, -0.15) is 5.10 Å². The van der Waals surface area contributed by atoms with Crippen molar-refractivity contribution in [3.8, 4) is 0 Å². The van der Waals surface area contributed by atoms with Gasteiger partial charge in [0.05, 0.1) is 12.3 Å². The zero-order chi connectivity index (χ0) is 23.4. The number of amides is 1. The van der Waals surface area contributed by atoms with Crippen molar-refractivity contribution in [3.05, 3.63) is 35.4 Å². The average molecular weight is 563 g/mol. The summed E-state index contributed by atoms with van der Waals surface area (Å²) in [4.78, 5) is 46.3. The number of hydrogen-bond donors (Lipinski definition) is 3. The van der Waals surface area contributed by atoms with Gasteiger partial charge in [-0.15, -0.1) is 24.0 Å². The Kier molecular flexibility index (Phi) is 14.1. The molecule has 0 unspecified atom stereocenters. The molecule has 0 aromatic heterocycles. The average Bonchev–Trinajstić information content (AvgIpc) is 2.72. The molecule has 1 heterocycles. The molecule has 1 fully saturated rings. The highest BCUT2D eigenvalue weighted by Crippen LogP contribution is 2.19. The molecule has 1 amide bonds. The molecule has 0 saturated carbocycles. The second-order valence-corrected chi connectivity index (χ2v) is 7.18. The zero-order valence-electron chi connectivity index (χ0n) is 18.1. The highest BCUT2D eigenvalue weighted by molar-refractivity contribution is 14.0. The topological polar surface area (TPSA) is 160 Å². The Bertz CT molecular complexity index is 787. The van der Waals surface area contributed by atoms with Crippen LogP contribution in [0.3, 0.4) is 0 Å². The van der Waals surface area contributed by atoms with E-state index in [1.807, 2.05) is 0 Å². The summed E-state index contributed by atoms with van der Waals surface area (Å²) in [6.45, 7) is 3.53. The number of hydrogen-bond acceptors (Lipinski definition) is 7. The fraction of sp³-hybridized carbons (Fsp3) is 0.476. The number of ketones is 1. The maximum Gasteiger partial charge on any atom is 0.329 e. The van der Waals surface area contributed by atoms with E-state index in [1.54, 1.807) is 36.1 Å². The fourth-order valence-corrected chi connectivity index (χ4v) is 3.07. The second kappa shape index (κ2) is 15.3. The van der Waals surface area contributed by atoms with Gasteiger partial charge in [-0.25, -0.2) is 4.79 Å². The Labute approximate surface area is 203 Å². The van der Waals surface area contributed by atoms with Gasteiger partial charge < -0.3 is 25.7 Å². The van der Waals surface area contributed by atoms with E-state index >= 15 is 0 Å². The molecule has 0 radical (unpaired) electrons. The number of carbonyl (C=O) groups is 4. The smallest absolute Gasteiger partial charge is 0.329 e. The van der Waals surface area contributed by atoms with Crippen molar-refractivity contribution >= 4 is 53.8 Å². The van der Waals surface area contributed by atoms with Crippen LogP contribution in [0.2, 0.25) is 0 Å². The van der Waals surface area contributed by atoms with Gasteiger partial charge >= 0.3 is 5.97 Å². The Morgan fingerprint density at radius 1 is 1.19 bits per heavy atom. The highest BCUT2D eigenvalue weighted by Gasteiger charge is 2.28. The number of carboxylic acids is 2. The summed E-state index contributed by atoms with van der Waals surface area (Å²) in [5, 5.41) is 19.5. The van der Waals surface area contributed by atoms with Gasteiger partial charge in [0.25, 0.3) is 5.97 Å². The van der Waals surface area contributed by atoms with E-state index in [9.17, 15) is 14.4 Å². The second-order valence-electron chi connectivity index (χ2n) is 7.18. The Morgan fingerprint density at radius 3 is 2.19 bits per heavy atom. The molecule has 0 aliphatic carbocycles. The third kappa shape index (κ3) is 11.2. The molecular formula is C21H30IN3O7. The summed E-state index contributed by atoms with van der Waals surface area (Å²) in [6, 6.07) is 6.89. The highest BCUT2D eigenvalue weighted by atomic mass is 127. The molecule has 1 saturated heterocycles. The zero-order valence-corrected chi connectivity index (χ0v) is 20.4. The summed E-state index contributed by atoms with van der Waals surface area (Å²) in [7, 11) is 0. The number of nitrogens with zero attached hydrogens (tertiary/aromatic N) is 2. The Hall–Kier alpha value is -2.54. The van der Waals surface area contributed by atoms with Crippen LogP contribution in [0.15, 0.2) is 29.4 Å². The van der Waals surface area contributed by atoms with Gasteiger partial charge in [-0.3, -0.25) is 14.4 Å². The predicted molar refractivity (Wildman–Crippen MR) is 128 cm³/mol. The van der Waals surface area contributed by atoms with Crippen LogP contribution in [-0.4, -0.2) is 70.8 Å². The minimum Gasteiger partial charge on any atom is -0.481 e. The van der Waals surface area contributed by atoms with Crippen LogP contribution in [0.1, 0.15) is 49.0 Å². The maximum absolute atomic E-state index is 12.6. The number of benzene rings is 1. The lowest BCUT2D eigenvalue weighted by Crippen LogP contribution is -2.43. The molecule has 32 heavy (non-hydrogen) atoms. The molecule has 1 atom stereocenters. The monoisotopic (exact) mass is 563 g/mol. The number of carboxylic acid groups (broad SMARTS) is 2. The maximum atomic E-state index is 12.6. The molecule has 1 aromatic rings. The summed E-state index contributed by atoms with van der Waals surface area (Å²) < 4.78 is 5.27. The lowest BCUT2D eigenvalue weighted by Gasteiger charge is -2.33. The van der Waals surface area contributed by atoms with Crippen molar-refractivity contribution in [2.24, 2.45) is 16.9 Å². The van der Waals surface area contributed by atoms with Crippen LogP contribution in [0.5, 0.6) is 0 Å². The Balaban J connectivity index is 0.00000177. The van der Waals surface area contributed by atoms with E-state index in [1.165, 1.54) is 6.21 Å². The molecule has 0 spiro atoms. The van der Waals surface area contributed by atoms with Crippen molar-refractivity contribution in [2.45, 2.75) is 39.2 Å². The van der Waals surface area contributed by atoms with E-state index in [0.717, 1.165) is 12.5 Å². The first-order chi connectivity index (χ1) is 14.6. The number of Topliss-reactive ketones (excluding diaryl/α,β-unsaturated/α-hetero) is 1. The van der Waals surface area contributed by atoms with Gasteiger partial charge in [-0.1, -0.05) is 31.2 Å². The van der Waals surface area contributed by atoms with Crippen LogP contribution in [0, 0.1) is 5.92 Å². The first kappa shape index (κ1) is 29.5. The number of halogens is 1. The van der Waals surface area contributed by atoms with Crippen LogP contribution in [0.25, 0.3) is 0 Å². The number of rotatable bonds is 8. The lowest BCUT2D eigenvalue weighted by atomic mass is 9.97. The standard InChI is InChI=1S/C19H25N3O5.C2H4O2.HI/c1-13(10-17(23)15-4-2-14(3-5-15)11-21-20)19(26)22-8-6-16(7-9-22)27-12-18(24)25;1-2(3)4;/h2-5,11,13,16H,6-10,12,20H2,1H3,(H,24,25);1H3,(H,3,4);1H/t13-;;/m1../s1. The molecular weight excluding hydrogens is 533 g/mol. The van der Waals surface area contributed by atoms with Crippen molar-refractivity contribution in [3.63, 3.8) is 0 Å². The molecule has 4 N–H and O–H groups in total. The normalized spacial score (nSPS) is 14.6. The van der Waals surface area contributed by atoms with Gasteiger partial charge in [0.1, 0.15) is 6.61 Å². The van der Waals surface area contributed by atoms with E-state index in [4.69, 9.17) is 25.6 Å². The first-order valence-electron chi connectivity index (χ1n) is 9.82. The molecule has 11 heteroatoms. The minimum atomic E-state index is -0.996. The lowest BCUT2D eigenvalue weighted by molar-refractivity contribution is -0.147. The molecule has 1 aliphatic heterocycles. The summed E-state index contributed by atoms with van der Waals surface area (Å²) in [5.74, 6) is 2.69. The summed E-state index contributed by atoms with van der Waals surface area (Å²) >= 11 is 0. The van der Waals surface area contributed by atoms with E-state index in [-0.39, 0.29) is 54.8 Å². The molecule has 178 valence electrons. The quantitative estimate of drug-likeness (QED) is 0.142. The largest absolute Gasteiger partial charge is 0.481 e. The van der Waals surface area contributed by atoms with Gasteiger partial charge in [0.15, 0.2) is 5.78 Å². The summed E-state index contributed by atoms with van der Waals surface area (Å²) in [6.07, 6.45) is 2.69. The predicted octanol–water partition coefficient (Wildman–Crippen LogP) is 1.99. The Morgan fingerprint density at radius 2 is 1.72 bits per heavy atom. The molecule has 0 bridgehead atoms. The molecule has 1 aromatic carbocycles. The number of likely N-dealkylation sites (tertiary alicyclic amines) is 1. The first-order valence-corrected chi connectivity index (χ1v) is 9.82. The third-order valence-electron chi connectivity index (χ3n) is 4.57. The van der Waals surface area contributed by atoms with Gasteiger partial charge in [0.2, 0.25) is 5.91 Å². The van der Waals surface area contributed by atoms with E-state index < -0.39 is 17.9 Å². The summed E-state index contributed by atoms with van der Waals surface area (Å²) in [5.41, 5.74) is 1.34. The van der Waals surface area contributed by atoms with Crippen LogP contribution >= 0.6 is 24.0 Å². The number of aliphatic carboxylic acids is 2. The van der Waals surface area contributed by atoms with Crippen LogP contribution in [-0.2, 0) is 19.1 Å². The molecule has 2 rings (SSSR count). The van der Waals surface area contributed by atoms with E-state index in [0.29, 0.717) is 31.5 Å². The van der Waals surface area contributed by atoms with E-state index in [2.05, 4.69) is 5.10 Å². The van der Waals surface area contributed by atoms with Crippen molar-refractivity contribution in [2.75, 3.05) is 19.7 Å². The molecule has 10 nitrogen and oxygen atoms in total. The van der Waals surface area contributed by atoms with Crippen molar-refractivity contribution < 1.29 is 34.1 Å². The number of carbonyl (C=O) groups excluding carboxylic acids is 2. The number of ether oxygens (including phenoxy) is 1. The van der Waals surface area contributed by atoms with Crippen LogP contribution in [0.4, 0.5) is 0 Å². The van der Waals surface area contributed by atoms with Gasteiger partial charge in [-0.05, 0) is 18.4 Å². The third-order valence-corrected chi connectivity index (χ3v) is 4.57. The van der Waals surface area contributed by atoms with Crippen molar-refractivity contribution in [1.29, 1.82) is 0 Å². The number of hydrazone groups is 1. The van der Waals surface area contributed by atoms with Crippen LogP contribution < -0.4 is 5.84 Å². The van der Waals surface area contributed by atoms with Gasteiger partial charge in [0, 0.05) is 37.9 Å². The SMILES string of the molecule is CC(=O)O.C[C@H](CC(=O)c1ccc(C=NN)cc1)C(=O)N1CCC(OCC(=O)O)CC1.I. The minimum absolute atomic E-state index is 0. The fourth-order valence-electron chi connectivity index (χ4n) is 3.07. The van der Waals surface area contributed by atoms with Crippen molar-refractivity contribution in [1.82, 2.24) is 4.90 Å². The number of nitrogens with two attached hydrogens (primary N) is 1. The molecule has 1 aliphatic rings.